The second kappa shape index (κ2) is 14.9. The van der Waals surface area contributed by atoms with Gasteiger partial charge in [-0.15, -0.1) is 0 Å². The van der Waals surface area contributed by atoms with Crippen LogP contribution in [-0.2, 0) is 25.4 Å². The number of esters is 1. The molecule has 6 heteroatoms. The molecule has 2 fully saturated rings. The van der Waals surface area contributed by atoms with Gasteiger partial charge in [0.15, 0.2) is 0 Å². The van der Waals surface area contributed by atoms with E-state index in [0.29, 0.717) is 44.0 Å². The van der Waals surface area contributed by atoms with Crippen LogP contribution in [0.1, 0.15) is 95.1 Å². The van der Waals surface area contributed by atoms with Crippen LogP contribution in [0.3, 0.4) is 0 Å². The van der Waals surface area contributed by atoms with Gasteiger partial charge in [0.05, 0.1) is 25.4 Å². The normalized spacial score (nSPS) is 23.6. The zero-order valence-corrected chi connectivity index (χ0v) is 23.4. The van der Waals surface area contributed by atoms with Crippen molar-refractivity contribution in [3.63, 3.8) is 0 Å². The number of unbranched alkanes of at least 4 members (excludes halogenated alkanes) is 2. The zero-order valence-electron chi connectivity index (χ0n) is 23.4. The minimum absolute atomic E-state index is 0.0239. The largest absolute Gasteiger partial charge is 0.462 e. The molecule has 212 valence electrons. The summed E-state index contributed by atoms with van der Waals surface area (Å²) in [5.41, 5.74) is 2.65. The molecule has 1 aromatic carbocycles. The number of benzene rings is 1. The van der Waals surface area contributed by atoms with Crippen molar-refractivity contribution >= 4 is 5.97 Å². The van der Waals surface area contributed by atoms with E-state index in [4.69, 9.17) is 19.3 Å². The first kappa shape index (κ1) is 30.5. The van der Waals surface area contributed by atoms with E-state index in [1.54, 1.807) is 6.07 Å². The Morgan fingerprint density at radius 2 is 1.89 bits per heavy atom. The third-order valence-corrected chi connectivity index (χ3v) is 8.28. The van der Waals surface area contributed by atoms with Gasteiger partial charge in [0, 0.05) is 0 Å². The average Bonchev–Trinajstić information content (AvgIpc) is 3.71. The fraction of sp³-hybridized carbons (Fsp3) is 0.656. The number of aliphatic hydroxyl groups is 1. The highest BCUT2D eigenvalue weighted by Crippen LogP contribution is 2.39. The Labute approximate surface area is 228 Å². The van der Waals surface area contributed by atoms with Crippen molar-refractivity contribution in [1.29, 1.82) is 0 Å². The lowest BCUT2D eigenvalue weighted by atomic mass is 9.77. The third kappa shape index (κ3) is 9.03. The number of halogens is 1. The van der Waals surface area contributed by atoms with E-state index in [-0.39, 0.29) is 23.9 Å². The average molecular weight is 531 g/mol. The smallest absolute Gasteiger partial charge is 0.335 e. The van der Waals surface area contributed by atoms with Crippen LogP contribution in [-0.4, -0.2) is 43.3 Å². The van der Waals surface area contributed by atoms with E-state index in [9.17, 15) is 4.79 Å². The molecule has 1 saturated carbocycles. The van der Waals surface area contributed by atoms with E-state index in [1.807, 2.05) is 13.0 Å². The summed E-state index contributed by atoms with van der Waals surface area (Å²) in [4.78, 5) is 11.9. The Bertz CT molecular complexity index is 930. The Balaban J connectivity index is 1.56. The monoisotopic (exact) mass is 530 g/mol. The van der Waals surface area contributed by atoms with Gasteiger partial charge >= 0.3 is 5.97 Å². The van der Waals surface area contributed by atoms with E-state index in [0.717, 1.165) is 29.9 Å². The topological polar surface area (TPSA) is 68.3 Å². The summed E-state index contributed by atoms with van der Waals surface area (Å²) in [6, 6.07) is 5.78. The lowest BCUT2D eigenvalue weighted by molar-refractivity contribution is -0.139. The van der Waals surface area contributed by atoms with E-state index in [2.05, 4.69) is 26.1 Å². The Hall–Kier alpha value is -2.02. The second-order valence-electron chi connectivity index (χ2n) is 11.3. The summed E-state index contributed by atoms with van der Waals surface area (Å²) in [6.07, 6.45) is 11.8. The molecule has 1 heterocycles. The minimum Gasteiger partial charge on any atom is -0.462 e. The van der Waals surface area contributed by atoms with Crippen LogP contribution in [0, 0.1) is 17.7 Å². The van der Waals surface area contributed by atoms with Crippen LogP contribution >= 0.6 is 0 Å². The Kier molecular flexibility index (Phi) is 12.0. The molecule has 1 saturated heterocycles. The van der Waals surface area contributed by atoms with Crippen LogP contribution in [0.5, 0.6) is 0 Å². The summed E-state index contributed by atoms with van der Waals surface area (Å²) in [7, 11) is 0. The van der Waals surface area contributed by atoms with Crippen molar-refractivity contribution in [2.45, 2.75) is 96.2 Å². The van der Waals surface area contributed by atoms with E-state index < -0.39 is 18.4 Å². The molecule has 1 aromatic rings. The van der Waals surface area contributed by atoms with Gasteiger partial charge in [-0.25, -0.2) is 9.18 Å². The maximum absolute atomic E-state index is 15.3. The highest BCUT2D eigenvalue weighted by atomic mass is 19.1. The SMILES string of the molecule is C=C(CO)C(=O)OCCC(CCOC1(C(=C)C)CO1)Cc1ccc(C2CCC(CCCCC)CC2)cc1F. The standard InChI is InChI=1S/C32H47FO5/c1-5-6-7-8-25-9-11-27(12-10-25)28-13-14-29(30(33)20-28)19-26(15-17-36-31(35)24(4)21-34)16-18-37-32(22-38-32)23(2)3/h13-14,20,25-27,34H,2,4-12,15-19,21-22H2,1,3H3. The molecule has 1 aliphatic heterocycles. The van der Waals surface area contributed by atoms with Crippen molar-refractivity contribution in [1.82, 2.24) is 0 Å². The van der Waals surface area contributed by atoms with E-state index in [1.165, 1.54) is 38.5 Å². The molecule has 38 heavy (non-hydrogen) atoms. The summed E-state index contributed by atoms with van der Waals surface area (Å²) in [5.74, 6) is -0.124. The van der Waals surface area contributed by atoms with Crippen molar-refractivity contribution in [3.05, 3.63) is 59.4 Å². The number of rotatable bonds is 17. The van der Waals surface area contributed by atoms with Crippen LogP contribution in [0.25, 0.3) is 0 Å². The van der Waals surface area contributed by atoms with Crippen molar-refractivity contribution in [2.24, 2.45) is 11.8 Å². The van der Waals surface area contributed by atoms with Gasteiger partial charge in [-0.3, -0.25) is 0 Å². The maximum Gasteiger partial charge on any atom is 0.335 e. The second-order valence-corrected chi connectivity index (χ2v) is 11.3. The molecule has 1 aliphatic carbocycles. The van der Waals surface area contributed by atoms with Crippen molar-refractivity contribution in [3.8, 4) is 0 Å². The predicted molar refractivity (Wildman–Crippen MR) is 148 cm³/mol. The van der Waals surface area contributed by atoms with E-state index >= 15 is 4.39 Å². The lowest BCUT2D eigenvalue weighted by Crippen LogP contribution is -2.21. The number of carbonyl (C=O) groups excluding carboxylic acids is 1. The molecule has 0 spiro atoms. The molecular formula is C32H47FO5. The van der Waals surface area contributed by atoms with Crippen molar-refractivity contribution < 1.29 is 28.5 Å². The maximum atomic E-state index is 15.3. The first-order valence-corrected chi connectivity index (χ1v) is 14.5. The van der Waals surface area contributed by atoms with Crippen LogP contribution in [0.2, 0.25) is 0 Å². The molecule has 0 aromatic heterocycles. The van der Waals surface area contributed by atoms with Crippen LogP contribution in [0.4, 0.5) is 4.39 Å². The quantitative estimate of drug-likeness (QED) is 0.0770. The number of epoxide rings is 1. The highest BCUT2D eigenvalue weighted by Gasteiger charge is 2.47. The van der Waals surface area contributed by atoms with Gasteiger partial charge in [-0.05, 0) is 92.4 Å². The van der Waals surface area contributed by atoms with Gasteiger partial charge < -0.3 is 19.3 Å². The minimum atomic E-state index is -0.683. The first-order valence-electron chi connectivity index (χ1n) is 14.5. The summed E-state index contributed by atoms with van der Waals surface area (Å²) in [5, 5.41) is 9.08. The molecule has 2 aliphatic rings. The van der Waals surface area contributed by atoms with Crippen LogP contribution < -0.4 is 0 Å². The Morgan fingerprint density at radius 3 is 2.50 bits per heavy atom. The Morgan fingerprint density at radius 1 is 1.18 bits per heavy atom. The number of hydrogen-bond acceptors (Lipinski definition) is 5. The van der Waals surface area contributed by atoms with Crippen molar-refractivity contribution in [2.75, 3.05) is 26.4 Å². The fourth-order valence-corrected chi connectivity index (χ4v) is 5.50. The summed E-state index contributed by atoms with van der Waals surface area (Å²) < 4.78 is 31.9. The first-order chi connectivity index (χ1) is 18.3. The predicted octanol–water partition coefficient (Wildman–Crippen LogP) is 7.03. The highest BCUT2D eigenvalue weighted by molar-refractivity contribution is 5.87. The van der Waals surface area contributed by atoms with Gasteiger partial charge in [-0.1, -0.05) is 57.9 Å². The molecule has 0 amide bonds. The summed E-state index contributed by atoms with van der Waals surface area (Å²) >= 11 is 0. The third-order valence-electron chi connectivity index (χ3n) is 8.28. The molecule has 0 bridgehead atoms. The van der Waals surface area contributed by atoms with Crippen LogP contribution in [0.15, 0.2) is 42.5 Å². The summed E-state index contributed by atoms with van der Waals surface area (Å²) in [6.45, 7) is 12.3. The number of aliphatic hydroxyl groups excluding tert-OH is 1. The molecule has 2 atom stereocenters. The van der Waals surface area contributed by atoms with Gasteiger partial charge in [0.2, 0.25) is 5.79 Å². The van der Waals surface area contributed by atoms with Gasteiger partial charge in [-0.2, -0.15) is 0 Å². The zero-order chi connectivity index (χ0) is 27.5. The lowest BCUT2D eigenvalue weighted by Gasteiger charge is -2.29. The molecule has 0 radical (unpaired) electrons. The number of hydrogen-bond donors (Lipinski definition) is 1. The molecular weight excluding hydrogens is 483 g/mol. The number of ether oxygens (including phenoxy) is 3. The fourth-order valence-electron chi connectivity index (χ4n) is 5.50. The molecule has 5 nitrogen and oxygen atoms in total. The molecule has 3 rings (SSSR count). The number of carbonyl (C=O) groups is 1. The molecule has 1 N–H and O–H groups in total. The van der Waals surface area contributed by atoms with Gasteiger partial charge in [0.1, 0.15) is 12.4 Å². The van der Waals surface area contributed by atoms with Gasteiger partial charge in [0.25, 0.3) is 0 Å². The molecule has 2 unspecified atom stereocenters.